The maximum atomic E-state index is 12.0. The Hall–Kier alpha value is -1.12. The minimum Gasteiger partial charge on any atom is -0.387 e. The predicted molar refractivity (Wildman–Crippen MR) is 53.5 cm³/mol. The van der Waals surface area contributed by atoms with Crippen LogP contribution in [-0.4, -0.2) is 10.9 Å². The van der Waals surface area contributed by atoms with Crippen molar-refractivity contribution < 1.29 is 13.9 Å². The van der Waals surface area contributed by atoms with E-state index in [4.69, 9.17) is 5.26 Å². The van der Waals surface area contributed by atoms with Crippen molar-refractivity contribution in [1.29, 1.82) is 5.26 Å². The van der Waals surface area contributed by atoms with Crippen LogP contribution < -0.4 is 0 Å². The summed E-state index contributed by atoms with van der Waals surface area (Å²) in [4.78, 5) is 0.388. The van der Waals surface area contributed by atoms with Crippen molar-refractivity contribution in [2.45, 2.75) is 23.2 Å². The number of halogens is 2. The molecule has 0 amide bonds. The maximum absolute atomic E-state index is 12.0. The molecule has 1 aromatic rings. The molecule has 1 atom stereocenters. The Kier molecular flexibility index (Phi) is 4.53. The third-order valence-corrected chi connectivity index (χ3v) is 2.46. The van der Waals surface area contributed by atoms with Crippen molar-refractivity contribution in [2.24, 2.45) is 0 Å². The van der Waals surface area contributed by atoms with Crippen molar-refractivity contribution in [2.75, 3.05) is 0 Å². The lowest BCUT2D eigenvalue weighted by atomic mass is 10.1. The van der Waals surface area contributed by atoms with Gasteiger partial charge < -0.3 is 5.11 Å². The highest BCUT2D eigenvalue weighted by Crippen LogP contribution is 2.27. The highest BCUT2D eigenvalue weighted by atomic mass is 32.2. The lowest BCUT2D eigenvalue weighted by molar-refractivity contribution is 0.183. The Morgan fingerprint density at radius 1 is 1.47 bits per heavy atom. The van der Waals surface area contributed by atoms with E-state index in [1.165, 1.54) is 6.07 Å². The molecule has 0 spiro atoms. The molecular weight excluding hydrogens is 220 g/mol. The molecule has 15 heavy (non-hydrogen) atoms. The zero-order valence-corrected chi connectivity index (χ0v) is 8.55. The molecule has 1 rings (SSSR count). The molecule has 0 fully saturated rings. The van der Waals surface area contributed by atoms with Crippen molar-refractivity contribution in [3.05, 3.63) is 29.8 Å². The summed E-state index contributed by atoms with van der Waals surface area (Å²) in [6.45, 7) is 0. The van der Waals surface area contributed by atoms with E-state index in [0.717, 1.165) is 0 Å². The van der Waals surface area contributed by atoms with Gasteiger partial charge in [-0.25, -0.2) is 0 Å². The number of benzene rings is 1. The number of hydrogen-bond acceptors (Lipinski definition) is 3. The van der Waals surface area contributed by atoms with E-state index in [-0.39, 0.29) is 6.42 Å². The molecule has 0 aromatic heterocycles. The van der Waals surface area contributed by atoms with Gasteiger partial charge in [-0.1, -0.05) is 23.9 Å². The van der Waals surface area contributed by atoms with Gasteiger partial charge in [0.1, 0.15) is 0 Å². The SMILES string of the molecule is N#CCC(O)c1cccc(SC(F)F)c1. The van der Waals surface area contributed by atoms with Crippen LogP contribution in [0.5, 0.6) is 0 Å². The number of rotatable bonds is 4. The molecule has 0 heterocycles. The van der Waals surface area contributed by atoms with Gasteiger partial charge in [-0.3, -0.25) is 0 Å². The molecule has 5 heteroatoms. The number of thioether (sulfide) groups is 1. The van der Waals surface area contributed by atoms with E-state index in [9.17, 15) is 13.9 Å². The Labute approximate surface area is 90.5 Å². The Morgan fingerprint density at radius 2 is 2.20 bits per heavy atom. The minimum atomic E-state index is -2.48. The van der Waals surface area contributed by atoms with Crippen LogP contribution in [0.15, 0.2) is 29.2 Å². The standard InChI is InChI=1S/C10H9F2NOS/c11-10(12)15-8-3-1-2-7(6-8)9(14)4-5-13/h1-3,6,9-10,14H,4H2. The first kappa shape index (κ1) is 12.0. The van der Waals surface area contributed by atoms with Gasteiger partial charge in [0.2, 0.25) is 0 Å². The van der Waals surface area contributed by atoms with Crippen molar-refractivity contribution in [3.63, 3.8) is 0 Å². The highest BCUT2D eigenvalue weighted by molar-refractivity contribution is 7.99. The fourth-order valence-corrected chi connectivity index (χ4v) is 1.67. The average molecular weight is 229 g/mol. The summed E-state index contributed by atoms with van der Waals surface area (Å²) in [5, 5.41) is 17.8. The van der Waals surface area contributed by atoms with Crippen LogP contribution in [0, 0.1) is 11.3 Å². The Balaban J connectivity index is 2.78. The quantitative estimate of drug-likeness (QED) is 0.807. The molecule has 0 radical (unpaired) electrons. The zero-order chi connectivity index (χ0) is 11.3. The third-order valence-electron chi connectivity index (χ3n) is 1.75. The Bertz CT molecular complexity index is 365. The van der Waals surface area contributed by atoms with Crippen molar-refractivity contribution in [1.82, 2.24) is 0 Å². The summed E-state index contributed by atoms with van der Waals surface area (Å²) < 4.78 is 24.1. The first-order chi connectivity index (χ1) is 7.13. The van der Waals surface area contributed by atoms with E-state index in [0.29, 0.717) is 22.2 Å². The van der Waals surface area contributed by atoms with E-state index < -0.39 is 11.9 Å². The van der Waals surface area contributed by atoms with E-state index in [1.807, 2.05) is 6.07 Å². The van der Waals surface area contributed by atoms with Crippen molar-refractivity contribution >= 4 is 11.8 Å². The van der Waals surface area contributed by atoms with Crippen LogP contribution in [0.2, 0.25) is 0 Å². The number of nitriles is 1. The first-order valence-electron chi connectivity index (χ1n) is 4.23. The molecule has 1 N–H and O–H groups in total. The van der Waals surface area contributed by atoms with E-state index in [1.54, 1.807) is 18.2 Å². The van der Waals surface area contributed by atoms with Gasteiger partial charge in [0.25, 0.3) is 5.76 Å². The fourth-order valence-electron chi connectivity index (χ4n) is 1.10. The summed E-state index contributed by atoms with van der Waals surface area (Å²) >= 11 is 0.421. The zero-order valence-electron chi connectivity index (χ0n) is 7.73. The van der Waals surface area contributed by atoms with Gasteiger partial charge in [0.15, 0.2) is 0 Å². The lowest BCUT2D eigenvalue weighted by Gasteiger charge is -2.08. The maximum Gasteiger partial charge on any atom is 0.288 e. The van der Waals surface area contributed by atoms with Crippen LogP contribution in [-0.2, 0) is 0 Å². The Morgan fingerprint density at radius 3 is 2.80 bits per heavy atom. The van der Waals surface area contributed by atoms with Gasteiger partial charge in [0.05, 0.1) is 18.6 Å². The third kappa shape index (κ3) is 3.86. The summed E-state index contributed by atoms with van der Waals surface area (Å²) in [6.07, 6.45) is -0.948. The fraction of sp³-hybridized carbons (Fsp3) is 0.300. The normalized spacial score (nSPS) is 12.5. The number of alkyl halides is 2. The molecule has 1 aromatic carbocycles. The summed E-state index contributed by atoms with van der Waals surface area (Å²) in [5.74, 6) is -2.48. The van der Waals surface area contributed by atoms with Gasteiger partial charge in [-0.2, -0.15) is 14.0 Å². The minimum absolute atomic E-state index is 0.0389. The van der Waals surface area contributed by atoms with Gasteiger partial charge in [-0.15, -0.1) is 0 Å². The second-order valence-corrected chi connectivity index (χ2v) is 3.89. The summed E-state index contributed by atoms with van der Waals surface area (Å²) in [5.41, 5.74) is 0.488. The molecule has 0 saturated heterocycles. The topological polar surface area (TPSA) is 44.0 Å². The molecule has 0 bridgehead atoms. The molecule has 80 valence electrons. The molecule has 0 saturated carbocycles. The van der Waals surface area contributed by atoms with E-state index >= 15 is 0 Å². The molecule has 0 aliphatic heterocycles. The molecule has 2 nitrogen and oxygen atoms in total. The molecular formula is C10H9F2NOS. The second kappa shape index (κ2) is 5.69. The first-order valence-corrected chi connectivity index (χ1v) is 5.11. The van der Waals surface area contributed by atoms with Crippen LogP contribution >= 0.6 is 11.8 Å². The van der Waals surface area contributed by atoms with E-state index in [2.05, 4.69) is 0 Å². The number of nitrogens with zero attached hydrogens (tertiary/aromatic N) is 1. The lowest BCUT2D eigenvalue weighted by Crippen LogP contribution is -1.96. The highest BCUT2D eigenvalue weighted by Gasteiger charge is 2.10. The predicted octanol–water partition coefficient (Wildman–Crippen LogP) is 2.95. The van der Waals surface area contributed by atoms with Crippen LogP contribution in [0.4, 0.5) is 8.78 Å². The van der Waals surface area contributed by atoms with Gasteiger partial charge in [0, 0.05) is 4.90 Å². The molecule has 0 aliphatic carbocycles. The monoisotopic (exact) mass is 229 g/mol. The smallest absolute Gasteiger partial charge is 0.288 e. The second-order valence-electron chi connectivity index (χ2n) is 2.83. The molecule has 0 aliphatic rings. The molecule has 1 unspecified atom stereocenters. The van der Waals surface area contributed by atoms with Crippen molar-refractivity contribution in [3.8, 4) is 6.07 Å². The largest absolute Gasteiger partial charge is 0.387 e. The number of hydrogen-bond donors (Lipinski definition) is 1. The van der Waals surface area contributed by atoms with Crippen LogP contribution in [0.1, 0.15) is 18.1 Å². The summed E-state index contributed by atoms with van der Waals surface area (Å²) in [6, 6.07) is 8.03. The number of aliphatic hydroxyl groups excluding tert-OH is 1. The summed E-state index contributed by atoms with van der Waals surface area (Å²) in [7, 11) is 0. The van der Waals surface area contributed by atoms with Crippen LogP contribution in [0.25, 0.3) is 0 Å². The van der Waals surface area contributed by atoms with Gasteiger partial charge in [-0.05, 0) is 17.7 Å². The van der Waals surface area contributed by atoms with Crippen LogP contribution in [0.3, 0.4) is 0 Å². The number of aliphatic hydroxyl groups is 1. The van der Waals surface area contributed by atoms with Gasteiger partial charge >= 0.3 is 0 Å². The average Bonchev–Trinajstić information content (AvgIpc) is 2.17.